The second kappa shape index (κ2) is 10.1. The minimum atomic E-state index is -0.147. The lowest BCUT2D eigenvalue weighted by Crippen LogP contribution is -2.39. The zero-order chi connectivity index (χ0) is 22.4. The Morgan fingerprint density at radius 1 is 0.903 bits per heavy atom. The highest BCUT2D eigenvalue weighted by Gasteiger charge is 2.15. The minimum Gasteiger partial charge on any atom is -0.497 e. The molecule has 6 heteroatoms. The molecule has 6 nitrogen and oxygen atoms in total. The molecule has 0 spiro atoms. The van der Waals surface area contributed by atoms with Gasteiger partial charge in [0.05, 0.1) is 20.2 Å². The Balaban J connectivity index is 1.51. The molecular weight excluding hydrogens is 390 g/mol. The van der Waals surface area contributed by atoms with E-state index in [2.05, 4.69) is 11.4 Å². The lowest BCUT2D eigenvalue weighted by atomic mass is 10.1. The summed E-state index contributed by atoms with van der Waals surface area (Å²) in [7, 11) is 5.20. The van der Waals surface area contributed by atoms with E-state index in [4.69, 9.17) is 4.74 Å². The van der Waals surface area contributed by atoms with Crippen molar-refractivity contribution in [1.82, 2.24) is 9.80 Å². The first-order valence-corrected chi connectivity index (χ1v) is 10.2. The van der Waals surface area contributed by atoms with Crippen LogP contribution in [0.2, 0.25) is 0 Å². The molecule has 0 saturated heterocycles. The monoisotopic (exact) mass is 419 g/mol. The molecule has 0 radical (unpaired) electrons. The van der Waals surface area contributed by atoms with Crippen LogP contribution in [0.5, 0.6) is 5.75 Å². The van der Waals surface area contributed by atoms with Gasteiger partial charge in [-0.3, -0.25) is 14.5 Å². The number of nitrogens with one attached hydrogen (secondary N) is 1. The van der Waals surface area contributed by atoms with Crippen LogP contribution >= 0.6 is 0 Å². The summed E-state index contributed by atoms with van der Waals surface area (Å²) >= 11 is 0. The van der Waals surface area contributed by atoms with E-state index in [9.17, 15) is 9.59 Å². The van der Waals surface area contributed by atoms with Gasteiger partial charge in [-0.2, -0.15) is 0 Å². The maximum atomic E-state index is 12.6. The van der Waals surface area contributed by atoms with Gasteiger partial charge in [0.25, 0.3) is 0 Å². The van der Waals surface area contributed by atoms with Crippen LogP contribution in [0.4, 0.5) is 5.69 Å². The van der Waals surface area contributed by atoms with E-state index < -0.39 is 0 Å². The van der Waals surface area contributed by atoms with Crippen molar-refractivity contribution >= 4 is 28.3 Å². The van der Waals surface area contributed by atoms with Gasteiger partial charge in [0, 0.05) is 19.3 Å². The lowest BCUT2D eigenvalue weighted by Gasteiger charge is -2.22. The number of carbonyl (C=O) groups is 2. The Morgan fingerprint density at radius 3 is 2.29 bits per heavy atom. The summed E-state index contributed by atoms with van der Waals surface area (Å²) in [5, 5.41) is 5.05. The number of hydrogen-bond acceptors (Lipinski definition) is 4. The fourth-order valence-electron chi connectivity index (χ4n) is 3.35. The second-order valence-electron chi connectivity index (χ2n) is 7.88. The Morgan fingerprint density at radius 2 is 1.58 bits per heavy atom. The Bertz CT molecular complexity index is 1060. The van der Waals surface area contributed by atoms with Crippen LogP contribution in [-0.4, -0.2) is 55.9 Å². The van der Waals surface area contributed by atoms with Gasteiger partial charge in [0.1, 0.15) is 5.75 Å². The van der Waals surface area contributed by atoms with Crippen LogP contribution < -0.4 is 10.1 Å². The molecule has 0 atom stereocenters. The minimum absolute atomic E-state index is 0.0412. The molecule has 0 aliphatic carbocycles. The fourth-order valence-corrected chi connectivity index (χ4v) is 3.35. The molecule has 0 aromatic heterocycles. The Labute approximate surface area is 183 Å². The molecule has 162 valence electrons. The van der Waals surface area contributed by atoms with Crippen molar-refractivity contribution in [1.29, 1.82) is 0 Å². The standard InChI is InChI=1S/C25H29N3O3/c1-18-5-10-22(11-6-18)26-24(29)16-27(2)17-25(30)28(3)15-19-7-8-21-14-23(31-4)12-9-20(21)13-19/h5-14H,15-17H2,1-4H3,(H,26,29). The third-order valence-corrected chi connectivity index (χ3v) is 5.11. The van der Waals surface area contributed by atoms with Crippen molar-refractivity contribution in [2.75, 3.05) is 39.6 Å². The average Bonchev–Trinajstić information content (AvgIpc) is 2.74. The summed E-state index contributed by atoms with van der Waals surface area (Å²) in [6.07, 6.45) is 0. The van der Waals surface area contributed by atoms with Crippen LogP contribution in [0.3, 0.4) is 0 Å². The quantitative estimate of drug-likeness (QED) is 0.605. The van der Waals surface area contributed by atoms with E-state index in [-0.39, 0.29) is 24.9 Å². The maximum Gasteiger partial charge on any atom is 0.238 e. The maximum absolute atomic E-state index is 12.6. The van der Waals surface area contributed by atoms with Crippen LogP contribution in [0.1, 0.15) is 11.1 Å². The van der Waals surface area contributed by atoms with Crippen molar-refractivity contribution in [2.45, 2.75) is 13.5 Å². The Kier molecular flexibility index (Phi) is 7.26. The third-order valence-electron chi connectivity index (χ3n) is 5.11. The van der Waals surface area contributed by atoms with Gasteiger partial charge in [-0.25, -0.2) is 0 Å². The molecule has 3 aromatic carbocycles. The van der Waals surface area contributed by atoms with Crippen molar-refractivity contribution in [3.63, 3.8) is 0 Å². The van der Waals surface area contributed by atoms with E-state index >= 15 is 0 Å². The van der Waals surface area contributed by atoms with E-state index in [1.165, 1.54) is 0 Å². The number of rotatable bonds is 8. The molecule has 0 heterocycles. The topological polar surface area (TPSA) is 61.9 Å². The normalized spacial score (nSPS) is 10.9. The van der Waals surface area contributed by atoms with Gasteiger partial charge in [-0.15, -0.1) is 0 Å². The number of fused-ring (bicyclic) bond motifs is 1. The average molecular weight is 420 g/mol. The van der Waals surface area contributed by atoms with Crippen molar-refractivity contribution < 1.29 is 14.3 Å². The molecule has 0 aliphatic heterocycles. The first-order chi connectivity index (χ1) is 14.8. The largest absolute Gasteiger partial charge is 0.497 e. The summed E-state index contributed by atoms with van der Waals surface area (Å²) in [4.78, 5) is 28.2. The first kappa shape index (κ1) is 22.3. The molecule has 0 fully saturated rings. The number of aryl methyl sites for hydroxylation is 1. The number of anilines is 1. The van der Waals surface area contributed by atoms with Crippen LogP contribution in [0.25, 0.3) is 10.8 Å². The summed E-state index contributed by atoms with van der Waals surface area (Å²) < 4.78 is 5.26. The summed E-state index contributed by atoms with van der Waals surface area (Å²) in [6.45, 7) is 2.81. The predicted octanol–water partition coefficient (Wildman–Crippen LogP) is 3.69. The molecule has 3 aromatic rings. The van der Waals surface area contributed by atoms with Crippen molar-refractivity contribution in [3.8, 4) is 5.75 Å². The SMILES string of the molecule is COc1ccc2cc(CN(C)C(=O)CN(C)CC(=O)Nc3ccc(C)cc3)ccc2c1. The number of nitrogens with zero attached hydrogens (tertiary/aromatic N) is 2. The number of benzene rings is 3. The predicted molar refractivity (Wildman–Crippen MR) is 124 cm³/mol. The highest BCUT2D eigenvalue weighted by molar-refractivity contribution is 5.92. The fraction of sp³-hybridized carbons (Fsp3) is 0.280. The van der Waals surface area contributed by atoms with Crippen LogP contribution in [0, 0.1) is 6.92 Å². The second-order valence-corrected chi connectivity index (χ2v) is 7.88. The summed E-state index contributed by atoms with van der Waals surface area (Å²) in [5.41, 5.74) is 2.93. The van der Waals surface area contributed by atoms with Crippen molar-refractivity contribution in [3.05, 3.63) is 71.8 Å². The Hall–Kier alpha value is -3.38. The highest BCUT2D eigenvalue weighted by atomic mass is 16.5. The van der Waals surface area contributed by atoms with Crippen molar-refractivity contribution in [2.24, 2.45) is 0 Å². The van der Waals surface area contributed by atoms with Gasteiger partial charge in [0.2, 0.25) is 11.8 Å². The number of amides is 2. The van der Waals surface area contributed by atoms with Gasteiger partial charge in [-0.1, -0.05) is 35.9 Å². The first-order valence-electron chi connectivity index (χ1n) is 10.2. The molecule has 0 bridgehead atoms. The van der Waals surface area contributed by atoms with E-state index in [0.717, 1.165) is 33.3 Å². The summed E-state index contributed by atoms with van der Waals surface area (Å²) in [5.74, 6) is 0.634. The lowest BCUT2D eigenvalue weighted by molar-refractivity contribution is -0.131. The molecule has 0 unspecified atom stereocenters. The third kappa shape index (κ3) is 6.30. The smallest absolute Gasteiger partial charge is 0.238 e. The molecule has 0 aliphatic rings. The van der Waals surface area contributed by atoms with Gasteiger partial charge < -0.3 is 15.0 Å². The van der Waals surface area contributed by atoms with Gasteiger partial charge in [-0.05, 0) is 60.6 Å². The number of likely N-dealkylation sites (N-methyl/N-ethyl adjacent to an activating group) is 2. The van der Waals surface area contributed by atoms with Gasteiger partial charge >= 0.3 is 0 Å². The number of hydrogen-bond donors (Lipinski definition) is 1. The van der Waals surface area contributed by atoms with E-state index in [0.29, 0.717) is 6.54 Å². The molecule has 2 amide bonds. The highest BCUT2D eigenvalue weighted by Crippen LogP contribution is 2.22. The number of ether oxygens (including phenoxy) is 1. The molecular formula is C25H29N3O3. The zero-order valence-corrected chi connectivity index (χ0v) is 18.5. The number of methoxy groups -OCH3 is 1. The van der Waals surface area contributed by atoms with Crippen LogP contribution in [0.15, 0.2) is 60.7 Å². The molecule has 0 saturated carbocycles. The van der Waals surface area contributed by atoms with E-state index in [1.807, 2.05) is 61.5 Å². The molecule has 3 rings (SSSR count). The van der Waals surface area contributed by atoms with E-state index in [1.54, 1.807) is 31.0 Å². The zero-order valence-electron chi connectivity index (χ0n) is 18.5. The summed E-state index contributed by atoms with van der Waals surface area (Å²) in [6, 6.07) is 19.7. The van der Waals surface area contributed by atoms with Crippen LogP contribution in [-0.2, 0) is 16.1 Å². The number of carbonyl (C=O) groups excluding carboxylic acids is 2. The van der Waals surface area contributed by atoms with Gasteiger partial charge in [0.15, 0.2) is 0 Å². The molecule has 31 heavy (non-hydrogen) atoms. The molecule has 1 N–H and O–H groups in total.